The van der Waals surface area contributed by atoms with Crippen molar-refractivity contribution in [2.45, 2.75) is 48.8 Å². The van der Waals surface area contributed by atoms with Crippen LogP contribution in [-0.2, 0) is 17.6 Å². The van der Waals surface area contributed by atoms with E-state index in [1.165, 1.54) is 11.3 Å². The van der Waals surface area contributed by atoms with Crippen molar-refractivity contribution in [3.8, 4) is 0 Å². The Bertz CT molecular complexity index is 1150. The summed E-state index contributed by atoms with van der Waals surface area (Å²) in [6.45, 7) is 2.18. The smallest absolute Gasteiger partial charge is 0.341 e. The molecule has 1 heterocycles. The summed E-state index contributed by atoms with van der Waals surface area (Å²) in [7, 11) is 0. The molecule has 0 radical (unpaired) electrons. The lowest BCUT2D eigenvalue weighted by Crippen LogP contribution is -2.20. The van der Waals surface area contributed by atoms with Crippen LogP contribution in [0.3, 0.4) is 0 Å². The Balaban J connectivity index is 1.54. The fourth-order valence-corrected chi connectivity index (χ4v) is 6.38. The van der Waals surface area contributed by atoms with E-state index in [0.29, 0.717) is 22.3 Å². The molecule has 0 bridgehead atoms. The number of esters is 1. The van der Waals surface area contributed by atoms with Crippen LogP contribution in [0.2, 0.25) is 5.02 Å². The first-order valence-corrected chi connectivity index (χ1v) is 13.4. The number of hydrogen-bond acceptors (Lipinski definition) is 5. The molecular weight excluding hydrogens is 492 g/mol. The SMILES string of the molecule is CCOC(=O)c1c(NC(=S)Nc2ccccc2Sc2ccc(Cl)cc2)sc2c1CCCCC2. The zero-order valence-electron chi connectivity index (χ0n) is 18.3. The summed E-state index contributed by atoms with van der Waals surface area (Å²) < 4.78 is 5.38. The molecule has 0 aliphatic heterocycles. The molecule has 8 heteroatoms. The number of halogens is 1. The number of fused-ring (bicyclic) bond motifs is 1. The fraction of sp³-hybridized carbons (Fsp3) is 0.280. The van der Waals surface area contributed by atoms with E-state index in [4.69, 9.17) is 28.6 Å². The minimum Gasteiger partial charge on any atom is -0.462 e. The highest BCUT2D eigenvalue weighted by molar-refractivity contribution is 7.99. The molecule has 0 spiro atoms. The Morgan fingerprint density at radius 2 is 1.85 bits per heavy atom. The number of para-hydroxylation sites is 1. The van der Waals surface area contributed by atoms with Crippen LogP contribution in [0.4, 0.5) is 10.7 Å². The summed E-state index contributed by atoms with van der Waals surface area (Å²) in [4.78, 5) is 16.2. The summed E-state index contributed by atoms with van der Waals surface area (Å²) in [5.74, 6) is -0.277. The van der Waals surface area contributed by atoms with Crippen molar-refractivity contribution in [2.24, 2.45) is 0 Å². The highest BCUT2D eigenvalue weighted by Crippen LogP contribution is 2.38. The maximum absolute atomic E-state index is 12.8. The lowest BCUT2D eigenvalue weighted by molar-refractivity contribution is 0.0527. The summed E-state index contributed by atoms with van der Waals surface area (Å²) in [5.41, 5.74) is 2.66. The number of nitrogens with one attached hydrogen (secondary N) is 2. The maximum Gasteiger partial charge on any atom is 0.341 e. The van der Waals surface area contributed by atoms with Crippen LogP contribution < -0.4 is 10.6 Å². The predicted molar refractivity (Wildman–Crippen MR) is 143 cm³/mol. The average Bonchev–Trinajstić information content (AvgIpc) is 2.97. The number of hydrogen-bond donors (Lipinski definition) is 2. The third-order valence-corrected chi connectivity index (χ3v) is 8.05. The van der Waals surface area contributed by atoms with Gasteiger partial charge in [-0.05, 0) is 86.8 Å². The third kappa shape index (κ3) is 6.09. The molecule has 1 aliphatic carbocycles. The number of thiocarbonyl (C=S) groups is 1. The van der Waals surface area contributed by atoms with E-state index in [9.17, 15) is 4.79 Å². The van der Waals surface area contributed by atoms with E-state index in [1.807, 2.05) is 55.5 Å². The molecule has 2 N–H and O–H groups in total. The lowest BCUT2D eigenvalue weighted by atomic mass is 10.1. The molecule has 1 aliphatic rings. The number of aryl methyl sites for hydroxylation is 1. The molecule has 0 fully saturated rings. The van der Waals surface area contributed by atoms with Crippen molar-refractivity contribution in [1.82, 2.24) is 0 Å². The molecule has 0 unspecified atom stereocenters. The molecule has 2 aromatic carbocycles. The number of carbonyl (C=O) groups excluding carboxylic acids is 1. The van der Waals surface area contributed by atoms with Crippen LogP contribution >= 0.6 is 46.9 Å². The Morgan fingerprint density at radius 3 is 2.64 bits per heavy atom. The quantitative estimate of drug-likeness (QED) is 0.198. The number of rotatable bonds is 6. The van der Waals surface area contributed by atoms with Gasteiger partial charge < -0.3 is 15.4 Å². The van der Waals surface area contributed by atoms with Crippen molar-refractivity contribution in [3.63, 3.8) is 0 Å². The second-order valence-corrected chi connectivity index (χ2v) is 10.7. The van der Waals surface area contributed by atoms with Gasteiger partial charge in [0.2, 0.25) is 0 Å². The standard InChI is InChI=1S/C25H25ClN2O2S3/c1-2-30-24(29)22-18-8-4-3-5-10-20(18)33-23(22)28-25(31)27-19-9-6-7-11-21(19)32-17-14-12-16(26)13-15-17/h6-7,9,11-15H,2-5,8,10H2,1H3,(H2,27,28,31). The molecule has 4 nitrogen and oxygen atoms in total. The maximum atomic E-state index is 12.8. The van der Waals surface area contributed by atoms with Crippen molar-refractivity contribution >= 4 is 68.7 Å². The van der Waals surface area contributed by atoms with Gasteiger partial charge in [0.05, 0.1) is 17.9 Å². The normalized spacial score (nSPS) is 13.0. The fourth-order valence-electron chi connectivity index (χ4n) is 3.80. The van der Waals surface area contributed by atoms with Crippen molar-refractivity contribution < 1.29 is 9.53 Å². The Labute approximate surface area is 213 Å². The molecular formula is C25H25ClN2O2S3. The summed E-state index contributed by atoms with van der Waals surface area (Å²) >= 11 is 14.9. The summed E-state index contributed by atoms with van der Waals surface area (Å²) in [6, 6.07) is 15.7. The van der Waals surface area contributed by atoms with Crippen LogP contribution in [0, 0.1) is 0 Å². The van der Waals surface area contributed by atoms with E-state index >= 15 is 0 Å². The average molecular weight is 517 g/mol. The highest BCUT2D eigenvalue weighted by atomic mass is 35.5. The monoisotopic (exact) mass is 516 g/mol. The zero-order chi connectivity index (χ0) is 23.2. The van der Waals surface area contributed by atoms with Crippen LogP contribution in [0.5, 0.6) is 0 Å². The van der Waals surface area contributed by atoms with Gasteiger partial charge in [0.25, 0.3) is 0 Å². The van der Waals surface area contributed by atoms with Gasteiger partial charge in [-0.2, -0.15) is 0 Å². The van der Waals surface area contributed by atoms with Gasteiger partial charge in [0.1, 0.15) is 5.00 Å². The largest absolute Gasteiger partial charge is 0.462 e. The van der Waals surface area contributed by atoms with E-state index in [0.717, 1.165) is 51.7 Å². The third-order valence-electron chi connectivity index (χ3n) is 5.30. The van der Waals surface area contributed by atoms with Crippen molar-refractivity contribution in [2.75, 3.05) is 17.2 Å². The van der Waals surface area contributed by atoms with Gasteiger partial charge in [-0.3, -0.25) is 0 Å². The first-order chi connectivity index (χ1) is 16.0. The first kappa shape index (κ1) is 24.1. The zero-order valence-corrected chi connectivity index (χ0v) is 21.5. The molecule has 0 amide bonds. The molecule has 1 aromatic heterocycles. The number of carbonyl (C=O) groups is 1. The molecule has 172 valence electrons. The minimum absolute atomic E-state index is 0.277. The number of benzene rings is 2. The van der Waals surface area contributed by atoms with E-state index in [1.54, 1.807) is 23.1 Å². The van der Waals surface area contributed by atoms with Gasteiger partial charge in [-0.1, -0.05) is 41.9 Å². The minimum atomic E-state index is -0.277. The van der Waals surface area contributed by atoms with E-state index in [2.05, 4.69) is 10.6 Å². The highest BCUT2D eigenvalue weighted by Gasteiger charge is 2.26. The van der Waals surface area contributed by atoms with E-state index in [-0.39, 0.29) is 5.97 Å². The topological polar surface area (TPSA) is 50.4 Å². The van der Waals surface area contributed by atoms with Gasteiger partial charge in [0, 0.05) is 19.7 Å². The summed E-state index contributed by atoms with van der Waals surface area (Å²) in [5, 5.41) is 8.52. The molecule has 33 heavy (non-hydrogen) atoms. The Hall–Kier alpha value is -2.06. The van der Waals surface area contributed by atoms with Crippen molar-refractivity contribution in [3.05, 3.63) is 69.6 Å². The van der Waals surface area contributed by atoms with E-state index < -0.39 is 0 Å². The van der Waals surface area contributed by atoms with Gasteiger partial charge in [0.15, 0.2) is 5.11 Å². The second-order valence-electron chi connectivity index (χ2n) is 7.62. The predicted octanol–water partition coefficient (Wildman–Crippen LogP) is 7.81. The molecule has 0 atom stereocenters. The van der Waals surface area contributed by atoms with Crippen LogP contribution in [0.1, 0.15) is 47.0 Å². The second kappa shape index (κ2) is 11.4. The molecule has 4 rings (SSSR count). The van der Waals surface area contributed by atoms with Crippen molar-refractivity contribution in [1.29, 1.82) is 0 Å². The Morgan fingerprint density at radius 1 is 1.09 bits per heavy atom. The Kier molecular flexibility index (Phi) is 8.30. The van der Waals surface area contributed by atoms with Crippen LogP contribution in [0.25, 0.3) is 0 Å². The lowest BCUT2D eigenvalue weighted by Gasteiger charge is -2.14. The number of thiophene rings is 1. The number of ether oxygens (including phenoxy) is 1. The molecule has 0 saturated carbocycles. The van der Waals surface area contributed by atoms with Crippen LogP contribution in [-0.4, -0.2) is 17.7 Å². The van der Waals surface area contributed by atoms with Gasteiger partial charge in [-0.25, -0.2) is 4.79 Å². The molecule has 3 aromatic rings. The number of anilines is 2. The van der Waals surface area contributed by atoms with Crippen LogP contribution in [0.15, 0.2) is 58.3 Å². The van der Waals surface area contributed by atoms with Gasteiger partial charge in [-0.15, -0.1) is 11.3 Å². The molecule has 0 saturated heterocycles. The summed E-state index contributed by atoms with van der Waals surface area (Å²) in [6.07, 6.45) is 5.33. The van der Waals surface area contributed by atoms with Gasteiger partial charge >= 0.3 is 5.97 Å². The first-order valence-electron chi connectivity index (χ1n) is 11.0.